The number of rotatable bonds is 4. The Hall–Kier alpha value is -2.08. The molecule has 21 heavy (non-hydrogen) atoms. The maximum Gasteiger partial charge on any atom is 0.416 e. The molecule has 0 amide bonds. The number of hydrogen-bond donors (Lipinski definition) is 2. The summed E-state index contributed by atoms with van der Waals surface area (Å²) in [6.07, 6.45) is -4.37. The fourth-order valence-electron chi connectivity index (χ4n) is 2.00. The highest BCUT2D eigenvalue weighted by Gasteiger charge is 2.32. The first-order valence-corrected chi connectivity index (χ1v) is 6.39. The molecular formula is C15H15F3N2O. The Labute approximate surface area is 120 Å². The monoisotopic (exact) mass is 296 g/mol. The van der Waals surface area contributed by atoms with Gasteiger partial charge in [-0.25, -0.2) is 0 Å². The van der Waals surface area contributed by atoms with Crippen molar-refractivity contribution >= 4 is 0 Å². The summed E-state index contributed by atoms with van der Waals surface area (Å²) in [5.74, 6) is 0.0252. The van der Waals surface area contributed by atoms with E-state index >= 15 is 0 Å². The Morgan fingerprint density at radius 1 is 1.10 bits per heavy atom. The molecule has 0 saturated carbocycles. The number of pyridine rings is 1. The van der Waals surface area contributed by atoms with Crippen molar-refractivity contribution in [2.75, 3.05) is 0 Å². The van der Waals surface area contributed by atoms with Gasteiger partial charge in [0.05, 0.1) is 11.3 Å². The normalized spacial score (nSPS) is 11.6. The van der Waals surface area contributed by atoms with E-state index in [2.05, 4.69) is 10.3 Å². The van der Waals surface area contributed by atoms with E-state index in [-0.39, 0.29) is 24.4 Å². The van der Waals surface area contributed by atoms with Crippen LogP contribution in [0.15, 0.2) is 36.4 Å². The molecule has 1 aromatic carbocycles. The highest BCUT2D eigenvalue weighted by atomic mass is 19.4. The zero-order valence-corrected chi connectivity index (χ0v) is 11.4. The molecule has 0 fully saturated rings. The van der Waals surface area contributed by atoms with Crippen LogP contribution in [0.5, 0.6) is 5.75 Å². The van der Waals surface area contributed by atoms with Crippen LogP contribution < -0.4 is 5.32 Å². The lowest BCUT2D eigenvalue weighted by Crippen LogP contribution is -2.18. The molecule has 1 aromatic heterocycles. The first-order chi connectivity index (χ1) is 9.88. The van der Waals surface area contributed by atoms with Crippen LogP contribution in [0.2, 0.25) is 0 Å². The van der Waals surface area contributed by atoms with Gasteiger partial charge in [-0.3, -0.25) is 4.98 Å². The first-order valence-electron chi connectivity index (χ1n) is 6.39. The molecular weight excluding hydrogens is 281 g/mol. The topological polar surface area (TPSA) is 45.1 Å². The Kier molecular flexibility index (Phi) is 4.47. The number of aromatic nitrogens is 1. The molecule has 0 unspecified atom stereocenters. The van der Waals surface area contributed by atoms with Crippen molar-refractivity contribution in [3.05, 3.63) is 58.9 Å². The first kappa shape index (κ1) is 15.3. The third-order valence-electron chi connectivity index (χ3n) is 3.02. The lowest BCUT2D eigenvalue weighted by Gasteiger charge is -2.13. The van der Waals surface area contributed by atoms with E-state index in [1.807, 2.05) is 0 Å². The summed E-state index contributed by atoms with van der Waals surface area (Å²) in [6, 6.07) is 8.59. The molecule has 2 rings (SSSR count). The Bertz CT molecular complexity index is 627. The number of alkyl halides is 3. The average molecular weight is 296 g/mol. The Morgan fingerprint density at radius 2 is 1.81 bits per heavy atom. The van der Waals surface area contributed by atoms with Gasteiger partial charge in [0.2, 0.25) is 0 Å². The number of benzene rings is 1. The molecule has 2 N–H and O–H groups in total. The largest absolute Gasteiger partial charge is 0.506 e. The second-order valence-electron chi connectivity index (χ2n) is 4.68. The van der Waals surface area contributed by atoms with E-state index in [0.717, 1.165) is 11.8 Å². The van der Waals surface area contributed by atoms with E-state index in [0.29, 0.717) is 5.69 Å². The van der Waals surface area contributed by atoms with Crippen molar-refractivity contribution in [2.24, 2.45) is 0 Å². The van der Waals surface area contributed by atoms with Gasteiger partial charge in [-0.05, 0) is 30.7 Å². The van der Waals surface area contributed by atoms with Crippen molar-refractivity contribution in [3.8, 4) is 5.75 Å². The third-order valence-corrected chi connectivity index (χ3v) is 3.02. The summed E-state index contributed by atoms with van der Waals surface area (Å²) in [6.45, 7) is 2.02. The molecule has 0 radical (unpaired) electrons. The van der Waals surface area contributed by atoms with E-state index in [9.17, 15) is 18.3 Å². The highest BCUT2D eigenvalue weighted by molar-refractivity contribution is 5.30. The molecule has 112 valence electrons. The maximum absolute atomic E-state index is 12.8. The maximum atomic E-state index is 12.8. The molecule has 0 aliphatic carbocycles. The fraction of sp³-hybridized carbons (Fsp3) is 0.267. The Balaban J connectivity index is 2.06. The van der Waals surface area contributed by atoms with Crippen molar-refractivity contribution in [1.29, 1.82) is 0 Å². The second-order valence-corrected chi connectivity index (χ2v) is 4.68. The van der Waals surface area contributed by atoms with Crippen LogP contribution in [0, 0.1) is 6.92 Å². The predicted molar refractivity (Wildman–Crippen MR) is 72.6 cm³/mol. The average Bonchev–Trinajstić information content (AvgIpc) is 2.42. The highest BCUT2D eigenvalue weighted by Crippen LogP contribution is 2.31. The quantitative estimate of drug-likeness (QED) is 0.909. The molecule has 2 aromatic rings. The van der Waals surface area contributed by atoms with Crippen molar-refractivity contribution in [1.82, 2.24) is 10.3 Å². The third kappa shape index (κ3) is 3.95. The van der Waals surface area contributed by atoms with Crippen LogP contribution in [0.25, 0.3) is 0 Å². The summed E-state index contributed by atoms with van der Waals surface area (Å²) in [7, 11) is 0. The fourth-order valence-corrected chi connectivity index (χ4v) is 2.00. The predicted octanol–water partition coefficient (Wildman–Crippen LogP) is 3.40. The van der Waals surface area contributed by atoms with Crippen LogP contribution in [0.1, 0.15) is 22.5 Å². The summed E-state index contributed by atoms with van der Waals surface area (Å²) in [5, 5.41) is 12.5. The minimum Gasteiger partial charge on any atom is -0.506 e. The number of nitrogens with one attached hydrogen (secondary N) is 1. The number of aromatic hydroxyl groups is 1. The van der Waals surface area contributed by atoms with Gasteiger partial charge in [0.25, 0.3) is 0 Å². The molecule has 0 spiro atoms. The van der Waals surface area contributed by atoms with Crippen LogP contribution >= 0.6 is 0 Å². The number of hydrogen-bond acceptors (Lipinski definition) is 3. The van der Waals surface area contributed by atoms with Gasteiger partial charge in [0, 0.05) is 18.8 Å². The summed E-state index contributed by atoms with van der Waals surface area (Å²) in [5.41, 5.74) is 0.663. The Morgan fingerprint density at radius 3 is 2.52 bits per heavy atom. The van der Waals surface area contributed by atoms with E-state index in [1.165, 1.54) is 18.2 Å². The summed E-state index contributed by atoms with van der Waals surface area (Å²) in [4.78, 5) is 4.14. The van der Waals surface area contributed by atoms with E-state index < -0.39 is 11.7 Å². The molecule has 6 heteroatoms. The molecule has 0 aliphatic heterocycles. The minimum atomic E-state index is -4.37. The molecule has 1 heterocycles. The molecule has 3 nitrogen and oxygen atoms in total. The standard InChI is InChI=1S/C15H15F3N2O/c1-10-6-7-14(21)13(20-10)9-19-8-11-4-2-3-5-12(11)15(16,17)18/h2-7,19,21H,8-9H2,1H3. The second kappa shape index (κ2) is 6.13. The molecule has 0 bridgehead atoms. The lowest BCUT2D eigenvalue weighted by atomic mass is 10.1. The number of nitrogens with zero attached hydrogens (tertiary/aromatic N) is 1. The van der Waals surface area contributed by atoms with Crippen LogP contribution in [-0.2, 0) is 19.3 Å². The van der Waals surface area contributed by atoms with Gasteiger partial charge in [-0.15, -0.1) is 0 Å². The van der Waals surface area contributed by atoms with Gasteiger partial charge in [0.1, 0.15) is 5.75 Å². The number of aryl methyl sites for hydroxylation is 1. The van der Waals surface area contributed by atoms with Gasteiger partial charge in [0.15, 0.2) is 0 Å². The smallest absolute Gasteiger partial charge is 0.416 e. The van der Waals surface area contributed by atoms with Crippen LogP contribution in [-0.4, -0.2) is 10.1 Å². The molecule has 0 saturated heterocycles. The van der Waals surface area contributed by atoms with Crippen molar-refractivity contribution in [3.63, 3.8) is 0 Å². The van der Waals surface area contributed by atoms with Gasteiger partial charge >= 0.3 is 6.18 Å². The van der Waals surface area contributed by atoms with Crippen molar-refractivity contribution < 1.29 is 18.3 Å². The van der Waals surface area contributed by atoms with Crippen molar-refractivity contribution in [2.45, 2.75) is 26.2 Å². The van der Waals surface area contributed by atoms with Crippen LogP contribution in [0.3, 0.4) is 0 Å². The minimum absolute atomic E-state index is 0.0252. The van der Waals surface area contributed by atoms with E-state index in [1.54, 1.807) is 19.1 Å². The zero-order chi connectivity index (χ0) is 15.5. The molecule has 0 aliphatic rings. The molecule has 0 atom stereocenters. The van der Waals surface area contributed by atoms with Gasteiger partial charge < -0.3 is 10.4 Å². The van der Waals surface area contributed by atoms with Crippen LogP contribution in [0.4, 0.5) is 13.2 Å². The lowest BCUT2D eigenvalue weighted by molar-refractivity contribution is -0.138. The van der Waals surface area contributed by atoms with E-state index in [4.69, 9.17) is 0 Å². The summed E-state index contributed by atoms with van der Waals surface area (Å²) < 4.78 is 38.5. The zero-order valence-electron chi connectivity index (χ0n) is 11.4. The van der Waals surface area contributed by atoms with Gasteiger partial charge in [-0.1, -0.05) is 18.2 Å². The number of halogens is 3. The SMILES string of the molecule is Cc1ccc(O)c(CNCc2ccccc2C(F)(F)F)n1. The summed E-state index contributed by atoms with van der Waals surface area (Å²) >= 11 is 0. The van der Waals surface area contributed by atoms with Gasteiger partial charge in [-0.2, -0.15) is 13.2 Å².